The number of rotatable bonds is 4. The molecule has 5 heteroatoms. The third-order valence-corrected chi connectivity index (χ3v) is 2.22. The maximum absolute atomic E-state index is 11.1. The molecule has 0 fully saturated rings. The summed E-state index contributed by atoms with van der Waals surface area (Å²) in [6, 6.07) is 6.92. The molecule has 0 aromatic heterocycles. The van der Waals surface area contributed by atoms with E-state index in [1.54, 1.807) is 24.3 Å². The van der Waals surface area contributed by atoms with Gasteiger partial charge in [0.1, 0.15) is 0 Å². The summed E-state index contributed by atoms with van der Waals surface area (Å²) < 4.78 is 0. The van der Waals surface area contributed by atoms with E-state index in [9.17, 15) is 9.59 Å². The minimum atomic E-state index is -1.00. The molecule has 84 valence electrons. The van der Waals surface area contributed by atoms with Crippen LogP contribution in [-0.2, 0) is 9.59 Å². The molecule has 0 saturated carbocycles. The van der Waals surface area contributed by atoms with Crippen LogP contribution >= 0.6 is 15.9 Å². The highest BCUT2D eigenvalue weighted by Gasteiger charge is 1.99. The van der Waals surface area contributed by atoms with Crippen LogP contribution in [0.3, 0.4) is 0 Å². The van der Waals surface area contributed by atoms with Crippen LogP contribution in [-0.4, -0.2) is 22.3 Å². The number of carbonyl (C=O) groups excluding carboxylic acids is 1. The largest absolute Gasteiger partial charge is 0.478 e. The maximum Gasteiger partial charge on any atom is 0.328 e. The lowest BCUT2D eigenvalue weighted by Crippen LogP contribution is -2.12. The molecule has 0 atom stereocenters. The van der Waals surface area contributed by atoms with Gasteiger partial charge in [-0.25, -0.2) is 4.79 Å². The van der Waals surface area contributed by atoms with E-state index >= 15 is 0 Å². The molecule has 0 aliphatic carbocycles. The standard InChI is InChI=1S/C11H10BrNO3/c12-7-10(14)13-9-3-1-2-8(6-9)4-5-11(15)16/h1-6H,7H2,(H,13,14)(H,15,16). The van der Waals surface area contributed by atoms with Crippen molar-refractivity contribution in [2.24, 2.45) is 0 Å². The molecule has 0 saturated heterocycles. The molecule has 0 aliphatic rings. The van der Waals surface area contributed by atoms with Crippen LogP contribution in [0.5, 0.6) is 0 Å². The van der Waals surface area contributed by atoms with Crippen molar-refractivity contribution in [3.8, 4) is 0 Å². The molecule has 1 aromatic carbocycles. The number of carbonyl (C=O) groups is 2. The number of hydrogen-bond acceptors (Lipinski definition) is 2. The van der Waals surface area contributed by atoms with Gasteiger partial charge < -0.3 is 10.4 Å². The van der Waals surface area contributed by atoms with E-state index in [0.717, 1.165) is 11.6 Å². The lowest BCUT2D eigenvalue weighted by Gasteiger charge is -2.03. The number of carboxylic acid groups (broad SMARTS) is 1. The van der Waals surface area contributed by atoms with Crippen LogP contribution in [0.2, 0.25) is 0 Å². The van der Waals surface area contributed by atoms with Crippen molar-refractivity contribution in [3.63, 3.8) is 0 Å². The van der Waals surface area contributed by atoms with Crippen molar-refractivity contribution in [1.82, 2.24) is 0 Å². The zero-order valence-electron chi connectivity index (χ0n) is 8.31. The first-order chi connectivity index (χ1) is 7.61. The van der Waals surface area contributed by atoms with Crippen LogP contribution in [0.1, 0.15) is 5.56 Å². The van der Waals surface area contributed by atoms with Gasteiger partial charge in [-0.1, -0.05) is 28.1 Å². The number of halogens is 1. The van der Waals surface area contributed by atoms with E-state index < -0.39 is 5.97 Å². The van der Waals surface area contributed by atoms with Gasteiger partial charge in [-0.3, -0.25) is 4.79 Å². The molecule has 1 aromatic rings. The molecule has 1 amide bonds. The second-order valence-electron chi connectivity index (χ2n) is 2.98. The first kappa shape index (κ1) is 12.4. The average Bonchev–Trinajstić information content (AvgIpc) is 2.26. The summed E-state index contributed by atoms with van der Waals surface area (Å²) in [4.78, 5) is 21.4. The Kier molecular flexibility index (Phi) is 4.72. The Balaban J connectivity index is 2.78. The molecule has 0 bridgehead atoms. The third-order valence-electron chi connectivity index (χ3n) is 1.71. The van der Waals surface area contributed by atoms with Crippen molar-refractivity contribution in [1.29, 1.82) is 0 Å². The first-order valence-corrected chi connectivity index (χ1v) is 5.61. The van der Waals surface area contributed by atoms with Gasteiger partial charge in [-0.15, -0.1) is 0 Å². The lowest BCUT2D eigenvalue weighted by molar-refractivity contribution is -0.131. The van der Waals surface area contributed by atoms with Crippen molar-refractivity contribution >= 4 is 39.6 Å². The van der Waals surface area contributed by atoms with E-state index in [0.29, 0.717) is 5.69 Å². The molecular formula is C11H10BrNO3. The van der Waals surface area contributed by atoms with Crippen LogP contribution < -0.4 is 5.32 Å². The van der Waals surface area contributed by atoms with Gasteiger partial charge in [0.15, 0.2) is 0 Å². The molecule has 1 rings (SSSR count). The molecule has 4 nitrogen and oxygen atoms in total. The van der Waals surface area contributed by atoms with E-state index in [2.05, 4.69) is 21.2 Å². The highest BCUT2D eigenvalue weighted by Crippen LogP contribution is 2.12. The smallest absolute Gasteiger partial charge is 0.328 e. The normalized spacial score (nSPS) is 10.3. The summed E-state index contributed by atoms with van der Waals surface area (Å²) in [5.41, 5.74) is 1.35. The van der Waals surface area contributed by atoms with Gasteiger partial charge in [0, 0.05) is 11.8 Å². The van der Waals surface area contributed by atoms with Crippen molar-refractivity contribution in [2.75, 3.05) is 10.6 Å². The number of hydrogen-bond donors (Lipinski definition) is 2. The topological polar surface area (TPSA) is 66.4 Å². The lowest BCUT2D eigenvalue weighted by atomic mass is 10.2. The van der Waals surface area contributed by atoms with Crippen LogP contribution in [0.4, 0.5) is 5.69 Å². The summed E-state index contributed by atoms with van der Waals surface area (Å²) in [6.45, 7) is 0. The highest BCUT2D eigenvalue weighted by atomic mass is 79.9. The quantitative estimate of drug-likeness (QED) is 0.657. The molecule has 0 radical (unpaired) electrons. The van der Waals surface area contributed by atoms with E-state index in [1.165, 1.54) is 6.08 Å². The maximum atomic E-state index is 11.1. The number of amides is 1. The number of nitrogens with one attached hydrogen (secondary N) is 1. The van der Waals surface area contributed by atoms with Gasteiger partial charge in [-0.2, -0.15) is 0 Å². The zero-order valence-corrected chi connectivity index (χ0v) is 9.90. The Morgan fingerprint density at radius 1 is 1.44 bits per heavy atom. The van der Waals surface area contributed by atoms with Gasteiger partial charge in [-0.05, 0) is 23.8 Å². The molecular weight excluding hydrogens is 274 g/mol. The molecule has 0 heterocycles. The predicted octanol–water partition coefficient (Wildman–Crippen LogP) is 2.12. The van der Waals surface area contributed by atoms with Gasteiger partial charge >= 0.3 is 5.97 Å². The Bertz CT molecular complexity index is 429. The summed E-state index contributed by atoms with van der Waals surface area (Å²) in [5.74, 6) is -1.16. The second-order valence-corrected chi connectivity index (χ2v) is 3.54. The molecule has 2 N–H and O–H groups in total. The average molecular weight is 284 g/mol. The number of carboxylic acids is 1. The van der Waals surface area contributed by atoms with E-state index in [-0.39, 0.29) is 11.2 Å². The fourth-order valence-corrected chi connectivity index (χ4v) is 1.22. The SMILES string of the molecule is O=C(O)C=Cc1cccc(NC(=O)CBr)c1. The van der Waals surface area contributed by atoms with Gasteiger partial charge in [0.25, 0.3) is 0 Å². The molecule has 0 unspecified atom stereocenters. The van der Waals surface area contributed by atoms with E-state index in [4.69, 9.17) is 5.11 Å². The Morgan fingerprint density at radius 2 is 2.19 bits per heavy atom. The Labute approximate surface area is 101 Å². The summed E-state index contributed by atoms with van der Waals surface area (Å²) in [6.07, 6.45) is 2.51. The fraction of sp³-hybridized carbons (Fsp3) is 0.0909. The van der Waals surface area contributed by atoms with Crippen molar-refractivity contribution in [3.05, 3.63) is 35.9 Å². The number of alkyl halides is 1. The Morgan fingerprint density at radius 3 is 2.81 bits per heavy atom. The highest BCUT2D eigenvalue weighted by molar-refractivity contribution is 9.09. The zero-order chi connectivity index (χ0) is 12.0. The summed E-state index contributed by atoms with van der Waals surface area (Å²) in [7, 11) is 0. The van der Waals surface area contributed by atoms with Gasteiger partial charge in [0.2, 0.25) is 5.91 Å². The molecule has 0 aliphatic heterocycles. The predicted molar refractivity (Wildman–Crippen MR) is 65.5 cm³/mol. The fourth-order valence-electron chi connectivity index (χ4n) is 1.08. The second kappa shape index (κ2) is 6.07. The van der Waals surface area contributed by atoms with Crippen LogP contribution in [0.25, 0.3) is 6.08 Å². The number of benzene rings is 1. The summed E-state index contributed by atoms with van der Waals surface area (Å²) in [5, 5.41) is 11.3. The third kappa shape index (κ3) is 4.27. The number of anilines is 1. The first-order valence-electron chi connectivity index (χ1n) is 4.48. The molecule has 0 spiro atoms. The van der Waals surface area contributed by atoms with Crippen LogP contribution in [0, 0.1) is 0 Å². The monoisotopic (exact) mass is 283 g/mol. The summed E-state index contributed by atoms with van der Waals surface area (Å²) >= 11 is 3.04. The van der Waals surface area contributed by atoms with Gasteiger partial charge in [0.05, 0.1) is 5.33 Å². The minimum absolute atomic E-state index is 0.153. The number of aliphatic carboxylic acids is 1. The minimum Gasteiger partial charge on any atom is -0.478 e. The van der Waals surface area contributed by atoms with Crippen molar-refractivity contribution < 1.29 is 14.7 Å². The van der Waals surface area contributed by atoms with E-state index in [1.807, 2.05) is 0 Å². The Hall–Kier alpha value is -1.62. The molecule has 16 heavy (non-hydrogen) atoms. The van der Waals surface area contributed by atoms with Crippen LogP contribution in [0.15, 0.2) is 30.3 Å². The van der Waals surface area contributed by atoms with Crippen molar-refractivity contribution in [2.45, 2.75) is 0 Å².